The minimum Gasteiger partial charge on any atom is -0.339 e. The monoisotopic (exact) mass is 449 g/mol. The third-order valence-electron chi connectivity index (χ3n) is 5.09. The first-order valence-corrected chi connectivity index (χ1v) is 12.8. The van der Waals surface area contributed by atoms with Crippen LogP contribution in [0.2, 0.25) is 0 Å². The van der Waals surface area contributed by atoms with Gasteiger partial charge in [-0.1, -0.05) is 36.4 Å². The van der Waals surface area contributed by atoms with Gasteiger partial charge >= 0.3 is 0 Å². The molecule has 0 radical (unpaired) electrons. The minimum absolute atomic E-state index is 0.105. The molecule has 162 valence electrons. The Morgan fingerprint density at radius 3 is 2.37 bits per heavy atom. The normalized spacial score (nSPS) is 16.2. The van der Waals surface area contributed by atoms with E-state index >= 15 is 0 Å². The summed E-state index contributed by atoms with van der Waals surface area (Å²) in [4.78, 5) is 30.2. The first-order valence-electron chi connectivity index (χ1n) is 9.89. The van der Waals surface area contributed by atoms with Crippen LogP contribution in [0, 0.1) is 0 Å². The van der Waals surface area contributed by atoms with E-state index in [1.54, 1.807) is 11.0 Å². The summed E-state index contributed by atoms with van der Waals surface area (Å²) in [6.07, 6.45) is 1.66. The second-order valence-electron chi connectivity index (χ2n) is 7.49. The Morgan fingerprint density at radius 1 is 1.07 bits per heavy atom. The van der Waals surface area contributed by atoms with E-state index < -0.39 is 15.9 Å². The lowest BCUT2D eigenvalue weighted by Gasteiger charge is -2.36. The molecule has 7 nitrogen and oxygen atoms in total. The van der Waals surface area contributed by atoms with Crippen LogP contribution >= 0.6 is 11.3 Å². The molecule has 1 unspecified atom stereocenters. The number of amides is 2. The summed E-state index contributed by atoms with van der Waals surface area (Å²) in [5.74, 6) is -0.230. The van der Waals surface area contributed by atoms with Crippen LogP contribution in [-0.4, -0.2) is 80.8 Å². The lowest BCUT2D eigenvalue weighted by Crippen LogP contribution is -2.55. The molecule has 1 aromatic heterocycles. The van der Waals surface area contributed by atoms with Gasteiger partial charge in [0.05, 0.1) is 10.6 Å². The van der Waals surface area contributed by atoms with Crippen molar-refractivity contribution >= 4 is 33.0 Å². The summed E-state index contributed by atoms with van der Waals surface area (Å²) in [7, 11) is -3.01. The van der Waals surface area contributed by atoms with E-state index in [9.17, 15) is 18.0 Å². The van der Waals surface area contributed by atoms with Crippen LogP contribution in [0.25, 0.3) is 0 Å². The van der Waals surface area contributed by atoms with Crippen LogP contribution in [0.3, 0.4) is 0 Å². The fourth-order valence-electron chi connectivity index (χ4n) is 3.39. The number of thiophene rings is 1. The highest BCUT2D eigenvalue weighted by atomic mass is 32.2. The highest BCUT2D eigenvalue weighted by molar-refractivity contribution is 7.90. The maximum absolute atomic E-state index is 13.2. The van der Waals surface area contributed by atoms with E-state index in [4.69, 9.17) is 0 Å². The molecular weight excluding hydrogens is 422 g/mol. The number of hydrogen-bond acceptors (Lipinski definition) is 6. The van der Waals surface area contributed by atoms with Crippen molar-refractivity contribution in [2.24, 2.45) is 0 Å². The van der Waals surface area contributed by atoms with Crippen LogP contribution in [0.1, 0.15) is 15.2 Å². The number of carbonyl (C=O) groups is 2. The van der Waals surface area contributed by atoms with Crippen molar-refractivity contribution in [2.45, 2.75) is 12.5 Å². The lowest BCUT2D eigenvalue weighted by molar-refractivity contribution is -0.135. The molecule has 1 N–H and O–H groups in total. The minimum atomic E-state index is -3.01. The maximum Gasteiger partial charge on any atom is 0.262 e. The predicted octanol–water partition coefficient (Wildman–Crippen LogP) is 1.28. The average Bonchev–Trinajstić information content (AvgIpc) is 3.27. The van der Waals surface area contributed by atoms with Crippen molar-refractivity contribution in [3.63, 3.8) is 0 Å². The Kier molecular flexibility index (Phi) is 7.63. The van der Waals surface area contributed by atoms with E-state index in [0.717, 1.165) is 5.56 Å². The molecule has 1 aliphatic rings. The molecule has 2 amide bonds. The van der Waals surface area contributed by atoms with Gasteiger partial charge in [0.25, 0.3) is 5.91 Å². The molecule has 3 rings (SSSR count). The largest absolute Gasteiger partial charge is 0.339 e. The molecule has 0 spiro atoms. The molecule has 0 aliphatic carbocycles. The summed E-state index contributed by atoms with van der Waals surface area (Å²) >= 11 is 1.34. The van der Waals surface area contributed by atoms with E-state index in [0.29, 0.717) is 44.0 Å². The van der Waals surface area contributed by atoms with Gasteiger partial charge in [-0.3, -0.25) is 14.5 Å². The maximum atomic E-state index is 13.2. The number of carbonyl (C=O) groups excluding carboxylic acids is 2. The van der Waals surface area contributed by atoms with Gasteiger partial charge in [0.15, 0.2) is 0 Å². The van der Waals surface area contributed by atoms with Crippen LogP contribution in [0.5, 0.6) is 0 Å². The molecule has 1 aliphatic heterocycles. The Labute approximate surface area is 181 Å². The van der Waals surface area contributed by atoms with Crippen LogP contribution in [0.15, 0.2) is 47.8 Å². The smallest absolute Gasteiger partial charge is 0.262 e. The highest BCUT2D eigenvalue weighted by Crippen LogP contribution is 2.12. The fraction of sp³-hybridized carbons (Fsp3) is 0.429. The van der Waals surface area contributed by atoms with Crippen LogP contribution in [-0.2, 0) is 21.1 Å². The van der Waals surface area contributed by atoms with Gasteiger partial charge < -0.3 is 10.2 Å². The second kappa shape index (κ2) is 10.2. The predicted molar refractivity (Wildman–Crippen MR) is 118 cm³/mol. The zero-order valence-corrected chi connectivity index (χ0v) is 18.6. The van der Waals surface area contributed by atoms with Crippen molar-refractivity contribution in [3.8, 4) is 0 Å². The van der Waals surface area contributed by atoms with E-state index in [2.05, 4.69) is 10.2 Å². The molecule has 0 saturated carbocycles. The average molecular weight is 450 g/mol. The zero-order valence-electron chi connectivity index (χ0n) is 17.0. The number of sulfone groups is 1. The lowest BCUT2D eigenvalue weighted by atomic mass is 10.0. The summed E-state index contributed by atoms with van der Waals surface area (Å²) in [6.45, 7) is 2.76. The van der Waals surface area contributed by atoms with Crippen LogP contribution < -0.4 is 5.32 Å². The number of rotatable bonds is 8. The van der Waals surface area contributed by atoms with Crippen molar-refractivity contribution in [1.29, 1.82) is 0 Å². The third kappa shape index (κ3) is 6.65. The van der Waals surface area contributed by atoms with Gasteiger partial charge in [0.2, 0.25) is 5.91 Å². The number of hydrogen-bond donors (Lipinski definition) is 1. The van der Waals surface area contributed by atoms with Crippen molar-refractivity contribution < 1.29 is 18.0 Å². The van der Waals surface area contributed by atoms with Gasteiger partial charge in [0, 0.05) is 45.4 Å². The fourth-order valence-corrected chi connectivity index (χ4v) is 4.61. The molecular formula is C21H27N3O4S2. The molecule has 1 fully saturated rings. The summed E-state index contributed by atoms with van der Waals surface area (Å²) in [5, 5.41) is 4.74. The number of nitrogens with one attached hydrogen (secondary N) is 1. The van der Waals surface area contributed by atoms with Gasteiger partial charge in [-0.05, 0) is 17.0 Å². The van der Waals surface area contributed by atoms with Gasteiger partial charge in [0.1, 0.15) is 15.9 Å². The Hall–Kier alpha value is -2.23. The molecule has 0 bridgehead atoms. The quantitative estimate of drug-likeness (QED) is 0.656. The zero-order chi connectivity index (χ0) is 21.6. The Morgan fingerprint density at radius 2 is 1.77 bits per heavy atom. The van der Waals surface area contributed by atoms with Crippen molar-refractivity contribution in [2.75, 3.05) is 44.7 Å². The highest BCUT2D eigenvalue weighted by Gasteiger charge is 2.29. The molecule has 1 saturated heterocycles. The standard InChI is InChI=1S/C21H27N3O4S2/c1-30(27,28)15-13-23-9-11-24(12-10-23)21(26)18(16-17-6-3-2-4-7-17)22-20(25)19-8-5-14-29-19/h2-8,14,18H,9-13,15-16H2,1H3,(H,22,25). The molecule has 1 atom stereocenters. The summed E-state index contributed by atoms with van der Waals surface area (Å²) in [5.41, 5.74) is 0.981. The molecule has 2 aromatic rings. The van der Waals surface area contributed by atoms with Gasteiger partial charge in [-0.2, -0.15) is 0 Å². The van der Waals surface area contributed by atoms with Crippen molar-refractivity contribution in [3.05, 3.63) is 58.3 Å². The second-order valence-corrected chi connectivity index (χ2v) is 10.7. The number of nitrogens with zero attached hydrogens (tertiary/aromatic N) is 2. The summed E-state index contributed by atoms with van der Waals surface area (Å²) in [6, 6.07) is 12.5. The number of piperazine rings is 1. The Balaban J connectivity index is 1.64. The SMILES string of the molecule is CS(=O)(=O)CCN1CCN(C(=O)C(Cc2ccccc2)NC(=O)c2cccs2)CC1. The third-order valence-corrected chi connectivity index (χ3v) is 6.89. The van der Waals surface area contributed by atoms with E-state index in [1.807, 2.05) is 41.8 Å². The molecule has 2 heterocycles. The topological polar surface area (TPSA) is 86.8 Å². The number of benzene rings is 1. The molecule has 9 heteroatoms. The van der Waals surface area contributed by atoms with Gasteiger partial charge in [-0.25, -0.2) is 8.42 Å². The summed E-state index contributed by atoms with van der Waals surface area (Å²) < 4.78 is 22.8. The first-order chi connectivity index (χ1) is 14.3. The van der Waals surface area contributed by atoms with Crippen molar-refractivity contribution in [1.82, 2.24) is 15.1 Å². The van der Waals surface area contributed by atoms with E-state index in [-0.39, 0.29) is 17.6 Å². The van der Waals surface area contributed by atoms with E-state index in [1.165, 1.54) is 17.6 Å². The molecule has 1 aromatic carbocycles. The van der Waals surface area contributed by atoms with Crippen LogP contribution in [0.4, 0.5) is 0 Å². The first kappa shape index (κ1) is 22.5. The Bertz CT molecular complexity index is 938. The van der Waals surface area contributed by atoms with Gasteiger partial charge in [-0.15, -0.1) is 11.3 Å². The molecule has 30 heavy (non-hydrogen) atoms.